The van der Waals surface area contributed by atoms with Gasteiger partial charge < -0.3 is 15.8 Å². The first-order valence-corrected chi connectivity index (χ1v) is 6.31. The zero-order valence-corrected chi connectivity index (χ0v) is 11.2. The Hall–Kier alpha value is -1.62. The average molecular weight is 266 g/mol. The Morgan fingerprint density at radius 3 is 2.79 bits per heavy atom. The SMILES string of the molecule is CC1(C)CC(Nc2cccc(F)c2)(C(N)=O)CCO1. The van der Waals surface area contributed by atoms with Crippen molar-refractivity contribution in [1.82, 2.24) is 0 Å². The Bertz CT molecular complexity index is 490. The average Bonchev–Trinajstić information content (AvgIpc) is 2.27. The molecular formula is C14H19FN2O2. The fourth-order valence-corrected chi connectivity index (χ4v) is 2.59. The number of hydrogen-bond acceptors (Lipinski definition) is 3. The lowest BCUT2D eigenvalue weighted by molar-refractivity contribution is -0.133. The van der Waals surface area contributed by atoms with Crippen molar-refractivity contribution in [2.24, 2.45) is 5.73 Å². The van der Waals surface area contributed by atoms with Crippen molar-refractivity contribution in [3.05, 3.63) is 30.1 Å². The van der Waals surface area contributed by atoms with Gasteiger partial charge in [0.05, 0.1) is 12.2 Å². The predicted octanol–water partition coefficient (Wildman–Crippen LogP) is 2.05. The van der Waals surface area contributed by atoms with Gasteiger partial charge in [0.15, 0.2) is 0 Å². The monoisotopic (exact) mass is 266 g/mol. The molecule has 1 aromatic carbocycles. The van der Waals surface area contributed by atoms with E-state index < -0.39 is 17.0 Å². The number of nitrogens with one attached hydrogen (secondary N) is 1. The number of carbonyl (C=O) groups is 1. The predicted molar refractivity (Wildman–Crippen MR) is 71.2 cm³/mol. The van der Waals surface area contributed by atoms with Gasteiger partial charge in [0, 0.05) is 18.5 Å². The van der Waals surface area contributed by atoms with Crippen LogP contribution in [0.15, 0.2) is 24.3 Å². The molecule has 19 heavy (non-hydrogen) atoms. The van der Waals surface area contributed by atoms with Crippen molar-refractivity contribution in [3.8, 4) is 0 Å². The highest BCUT2D eigenvalue weighted by molar-refractivity contribution is 5.88. The summed E-state index contributed by atoms with van der Waals surface area (Å²) in [6, 6.07) is 6.02. The quantitative estimate of drug-likeness (QED) is 0.880. The molecule has 1 unspecified atom stereocenters. The molecule has 1 saturated heterocycles. The van der Waals surface area contributed by atoms with Crippen LogP contribution in [0.4, 0.5) is 10.1 Å². The van der Waals surface area contributed by atoms with Gasteiger partial charge in [-0.1, -0.05) is 6.07 Å². The molecule has 1 amide bonds. The number of primary amides is 1. The molecule has 0 aliphatic carbocycles. The van der Waals surface area contributed by atoms with E-state index in [4.69, 9.17) is 10.5 Å². The number of ether oxygens (including phenoxy) is 1. The zero-order chi connectivity index (χ0) is 14.1. The molecule has 2 rings (SSSR count). The molecule has 1 aliphatic rings. The van der Waals surface area contributed by atoms with Crippen LogP contribution in [0.2, 0.25) is 0 Å². The summed E-state index contributed by atoms with van der Waals surface area (Å²) in [5.74, 6) is -0.788. The molecule has 0 aromatic heterocycles. The van der Waals surface area contributed by atoms with Crippen LogP contribution in [0.1, 0.15) is 26.7 Å². The Morgan fingerprint density at radius 2 is 2.21 bits per heavy atom. The molecule has 1 aliphatic heterocycles. The number of carbonyl (C=O) groups excluding carboxylic acids is 1. The van der Waals surface area contributed by atoms with E-state index >= 15 is 0 Å². The van der Waals surface area contributed by atoms with Crippen LogP contribution in [0.5, 0.6) is 0 Å². The number of rotatable bonds is 3. The van der Waals surface area contributed by atoms with Crippen molar-refractivity contribution in [2.75, 3.05) is 11.9 Å². The van der Waals surface area contributed by atoms with Crippen molar-refractivity contribution in [2.45, 2.75) is 37.8 Å². The normalized spacial score (nSPS) is 25.8. The molecule has 0 radical (unpaired) electrons. The lowest BCUT2D eigenvalue weighted by atomic mass is 9.80. The second-order valence-corrected chi connectivity index (χ2v) is 5.62. The lowest BCUT2D eigenvalue weighted by Gasteiger charge is -2.43. The van der Waals surface area contributed by atoms with Gasteiger partial charge in [0.25, 0.3) is 0 Å². The van der Waals surface area contributed by atoms with E-state index in [0.29, 0.717) is 25.1 Å². The van der Waals surface area contributed by atoms with Gasteiger partial charge in [-0.2, -0.15) is 0 Å². The van der Waals surface area contributed by atoms with Crippen LogP contribution in [0, 0.1) is 5.82 Å². The van der Waals surface area contributed by atoms with Gasteiger partial charge in [-0.3, -0.25) is 4.79 Å². The van der Waals surface area contributed by atoms with Crippen molar-refractivity contribution in [3.63, 3.8) is 0 Å². The maximum absolute atomic E-state index is 13.2. The minimum absolute atomic E-state index is 0.351. The first kappa shape index (κ1) is 13.8. The van der Waals surface area contributed by atoms with E-state index in [1.807, 2.05) is 13.8 Å². The number of anilines is 1. The molecule has 1 atom stereocenters. The summed E-state index contributed by atoms with van der Waals surface area (Å²) in [5, 5.41) is 3.10. The van der Waals surface area contributed by atoms with Crippen LogP contribution in [-0.2, 0) is 9.53 Å². The molecule has 4 nitrogen and oxygen atoms in total. The van der Waals surface area contributed by atoms with E-state index in [9.17, 15) is 9.18 Å². The number of halogens is 1. The number of hydrogen-bond donors (Lipinski definition) is 2. The highest BCUT2D eigenvalue weighted by atomic mass is 19.1. The summed E-state index contributed by atoms with van der Waals surface area (Å²) < 4.78 is 18.8. The van der Waals surface area contributed by atoms with Crippen LogP contribution < -0.4 is 11.1 Å². The van der Waals surface area contributed by atoms with Gasteiger partial charge >= 0.3 is 0 Å². The van der Waals surface area contributed by atoms with Gasteiger partial charge in [-0.05, 0) is 32.0 Å². The third-order valence-corrected chi connectivity index (χ3v) is 3.43. The fraction of sp³-hybridized carbons (Fsp3) is 0.500. The molecule has 1 fully saturated rings. The molecule has 1 heterocycles. The minimum atomic E-state index is -0.893. The van der Waals surface area contributed by atoms with Crippen LogP contribution in [0.25, 0.3) is 0 Å². The molecular weight excluding hydrogens is 247 g/mol. The van der Waals surface area contributed by atoms with Gasteiger partial charge in [-0.15, -0.1) is 0 Å². The maximum atomic E-state index is 13.2. The Balaban J connectivity index is 2.28. The summed E-state index contributed by atoms with van der Waals surface area (Å²) in [7, 11) is 0. The lowest BCUT2D eigenvalue weighted by Crippen LogP contribution is -2.58. The van der Waals surface area contributed by atoms with Gasteiger partial charge in [-0.25, -0.2) is 4.39 Å². The molecule has 5 heteroatoms. The molecule has 0 bridgehead atoms. The van der Waals surface area contributed by atoms with Crippen LogP contribution in [0.3, 0.4) is 0 Å². The highest BCUT2D eigenvalue weighted by Gasteiger charge is 2.45. The number of benzene rings is 1. The smallest absolute Gasteiger partial charge is 0.243 e. The van der Waals surface area contributed by atoms with Crippen molar-refractivity contribution < 1.29 is 13.9 Å². The number of nitrogens with two attached hydrogens (primary N) is 1. The number of amides is 1. The summed E-state index contributed by atoms with van der Waals surface area (Å²) in [6.07, 6.45) is 0.925. The highest BCUT2D eigenvalue weighted by Crippen LogP contribution is 2.34. The van der Waals surface area contributed by atoms with E-state index in [2.05, 4.69) is 5.32 Å². The summed E-state index contributed by atoms with van der Waals surface area (Å²) in [5.41, 5.74) is 4.78. The van der Waals surface area contributed by atoms with Gasteiger partial charge in [0.1, 0.15) is 11.4 Å². The summed E-state index contributed by atoms with van der Waals surface area (Å²) in [6.45, 7) is 4.27. The Labute approximate surface area is 112 Å². The molecule has 104 valence electrons. The molecule has 3 N–H and O–H groups in total. The summed E-state index contributed by atoms with van der Waals surface area (Å²) in [4.78, 5) is 11.9. The second kappa shape index (κ2) is 4.81. The van der Waals surface area contributed by atoms with Crippen LogP contribution >= 0.6 is 0 Å². The van der Waals surface area contributed by atoms with E-state index in [1.54, 1.807) is 12.1 Å². The third kappa shape index (κ3) is 3.04. The molecule has 0 spiro atoms. The van der Waals surface area contributed by atoms with Crippen molar-refractivity contribution in [1.29, 1.82) is 0 Å². The third-order valence-electron chi connectivity index (χ3n) is 3.43. The first-order chi connectivity index (χ1) is 8.83. The van der Waals surface area contributed by atoms with Gasteiger partial charge in [0.2, 0.25) is 5.91 Å². The largest absolute Gasteiger partial charge is 0.375 e. The minimum Gasteiger partial charge on any atom is -0.375 e. The Kier molecular flexibility index (Phi) is 3.49. The zero-order valence-electron chi connectivity index (χ0n) is 11.2. The van der Waals surface area contributed by atoms with Crippen LogP contribution in [-0.4, -0.2) is 23.7 Å². The second-order valence-electron chi connectivity index (χ2n) is 5.62. The maximum Gasteiger partial charge on any atom is 0.243 e. The molecule has 1 aromatic rings. The van der Waals surface area contributed by atoms with Crippen molar-refractivity contribution >= 4 is 11.6 Å². The van der Waals surface area contributed by atoms with E-state index in [1.165, 1.54) is 12.1 Å². The van der Waals surface area contributed by atoms with E-state index in [0.717, 1.165) is 0 Å². The first-order valence-electron chi connectivity index (χ1n) is 6.31. The van der Waals surface area contributed by atoms with E-state index in [-0.39, 0.29) is 5.82 Å². The fourth-order valence-electron chi connectivity index (χ4n) is 2.59. The standard InChI is InChI=1S/C14H19FN2O2/c1-13(2)9-14(12(16)18,6-7-19-13)17-11-5-3-4-10(15)8-11/h3-5,8,17H,6-7,9H2,1-2H3,(H2,16,18). The molecule has 0 saturated carbocycles. The topological polar surface area (TPSA) is 64.3 Å². The summed E-state index contributed by atoms with van der Waals surface area (Å²) >= 11 is 0. The Morgan fingerprint density at radius 1 is 1.47 bits per heavy atom.